The predicted molar refractivity (Wildman–Crippen MR) is 91.0 cm³/mol. The zero-order valence-corrected chi connectivity index (χ0v) is 14.6. The maximum atomic E-state index is 13.4. The lowest BCUT2D eigenvalue weighted by Gasteiger charge is -2.35. The van der Waals surface area contributed by atoms with Gasteiger partial charge in [-0.25, -0.2) is 8.42 Å². The lowest BCUT2D eigenvalue weighted by atomic mass is 10.1. The maximum Gasteiger partial charge on any atom is 0.244 e. The number of benzene rings is 1. The number of hydrogen-bond donors (Lipinski definition) is 1. The summed E-state index contributed by atoms with van der Waals surface area (Å²) in [5.74, 6) is 1.05. The summed E-state index contributed by atoms with van der Waals surface area (Å²) in [5, 5.41) is 3.26. The smallest absolute Gasteiger partial charge is 0.244 e. The van der Waals surface area contributed by atoms with Crippen LogP contribution >= 0.6 is 0 Å². The molecule has 1 atom stereocenters. The lowest BCUT2D eigenvalue weighted by Crippen LogP contribution is -2.48. The molecule has 1 fully saturated rings. The summed E-state index contributed by atoms with van der Waals surface area (Å²) in [6.45, 7) is 3.45. The van der Waals surface area contributed by atoms with E-state index in [9.17, 15) is 8.42 Å². The fourth-order valence-electron chi connectivity index (χ4n) is 3.26. The van der Waals surface area contributed by atoms with Gasteiger partial charge < -0.3 is 14.8 Å². The topological polar surface area (TPSA) is 80.8 Å². The van der Waals surface area contributed by atoms with Crippen LogP contribution in [0.2, 0.25) is 0 Å². The van der Waals surface area contributed by atoms with E-state index in [4.69, 9.17) is 9.47 Å². The van der Waals surface area contributed by atoms with Gasteiger partial charge in [0.25, 0.3) is 0 Å². The molecule has 132 valence electrons. The van der Waals surface area contributed by atoms with Crippen LogP contribution in [0.5, 0.6) is 11.5 Å². The van der Waals surface area contributed by atoms with E-state index in [0.29, 0.717) is 36.7 Å². The minimum Gasteiger partial charge on any atom is -0.454 e. The zero-order chi connectivity index (χ0) is 17.4. The van der Waals surface area contributed by atoms with Crippen LogP contribution in [-0.4, -0.2) is 44.1 Å². The minimum atomic E-state index is -3.68. The number of pyridine rings is 1. The molecule has 0 bridgehead atoms. The lowest BCUT2D eigenvalue weighted by molar-refractivity contribution is 0.174. The van der Waals surface area contributed by atoms with Crippen molar-refractivity contribution in [3.63, 3.8) is 0 Å². The summed E-state index contributed by atoms with van der Waals surface area (Å²) in [6, 6.07) is 6.71. The third kappa shape index (κ3) is 2.86. The molecule has 1 saturated heterocycles. The molecule has 0 spiro atoms. The van der Waals surface area contributed by atoms with Gasteiger partial charge in [-0.15, -0.1) is 0 Å². The Hall–Kier alpha value is -2.16. The SMILES string of the molecule is Cc1cc2c(cc1S(=O)(=O)N1CCNCC1c1cccnc1)OCO2. The highest BCUT2D eigenvalue weighted by Crippen LogP contribution is 2.38. The Balaban J connectivity index is 1.76. The van der Waals surface area contributed by atoms with E-state index in [-0.39, 0.29) is 17.7 Å². The molecule has 2 aliphatic rings. The van der Waals surface area contributed by atoms with Gasteiger partial charge in [0.2, 0.25) is 16.8 Å². The summed E-state index contributed by atoms with van der Waals surface area (Å²) in [7, 11) is -3.68. The van der Waals surface area contributed by atoms with E-state index in [1.807, 2.05) is 12.1 Å². The normalized spacial score (nSPS) is 20.6. The third-order valence-electron chi connectivity index (χ3n) is 4.52. The summed E-state index contributed by atoms with van der Waals surface area (Å²) < 4.78 is 39.0. The van der Waals surface area contributed by atoms with Gasteiger partial charge in [0.15, 0.2) is 11.5 Å². The summed E-state index contributed by atoms with van der Waals surface area (Å²) >= 11 is 0. The molecule has 7 nitrogen and oxygen atoms in total. The van der Waals surface area contributed by atoms with Crippen LogP contribution in [0.15, 0.2) is 41.6 Å². The molecule has 0 saturated carbocycles. The number of aryl methyl sites for hydroxylation is 1. The predicted octanol–water partition coefficient (Wildman–Crippen LogP) is 1.45. The Bertz CT molecular complexity index is 886. The van der Waals surface area contributed by atoms with E-state index >= 15 is 0 Å². The van der Waals surface area contributed by atoms with Gasteiger partial charge >= 0.3 is 0 Å². The van der Waals surface area contributed by atoms with Crippen LogP contribution in [-0.2, 0) is 10.0 Å². The Labute approximate surface area is 146 Å². The molecule has 0 radical (unpaired) electrons. The average molecular weight is 361 g/mol. The van der Waals surface area contributed by atoms with Gasteiger partial charge in [0.1, 0.15) is 0 Å². The summed E-state index contributed by atoms with van der Waals surface area (Å²) in [6.07, 6.45) is 3.40. The van der Waals surface area contributed by atoms with Crippen LogP contribution in [0.3, 0.4) is 0 Å². The number of aromatic nitrogens is 1. The van der Waals surface area contributed by atoms with Gasteiger partial charge in [-0.05, 0) is 30.2 Å². The third-order valence-corrected chi connectivity index (χ3v) is 6.57. The fraction of sp³-hybridized carbons (Fsp3) is 0.353. The average Bonchev–Trinajstić information content (AvgIpc) is 3.09. The minimum absolute atomic E-state index is 0.115. The largest absolute Gasteiger partial charge is 0.454 e. The van der Waals surface area contributed by atoms with Crippen molar-refractivity contribution in [2.24, 2.45) is 0 Å². The van der Waals surface area contributed by atoms with Crippen LogP contribution in [0, 0.1) is 6.92 Å². The van der Waals surface area contributed by atoms with Crippen LogP contribution in [0.25, 0.3) is 0 Å². The van der Waals surface area contributed by atoms with Crippen molar-refractivity contribution in [1.82, 2.24) is 14.6 Å². The first-order valence-corrected chi connectivity index (χ1v) is 9.54. The monoisotopic (exact) mass is 361 g/mol. The number of rotatable bonds is 3. The van der Waals surface area contributed by atoms with Gasteiger partial charge in [0.05, 0.1) is 10.9 Å². The molecule has 4 rings (SSSR count). The van der Waals surface area contributed by atoms with Crippen LogP contribution in [0.4, 0.5) is 0 Å². The second kappa shape index (κ2) is 6.29. The summed E-state index contributed by atoms with van der Waals surface area (Å²) in [4.78, 5) is 4.39. The molecule has 1 N–H and O–H groups in total. The Morgan fingerprint density at radius 3 is 2.84 bits per heavy atom. The van der Waals surface area contributed by atoms with Crippen molar-refractivity contribution in [1.29, 1.82) is 0 Å². The van der Waals surface area contributed by atoms with Gasteiger partial charge in [-0.1, -0.05) is 6.07 Å². The maximum absolute atomic E-state index is 13.4. The number of nitrogens with zero attached hydrogens (tertiary/aromatic N) is 2. The van der Waals surface area contributed by atoms with Crippen molar-refractivity contribution in [3.05, 3.63) is 47.8 Å². The quantitative estimate of drug-likeness (QED) is 0.891. The standard InChI is InChI=1S/C17H19N3O4S/c1-12-7-15-16(24-11-23-15)8-17(12)25(21,22)20-6-5-19-10-14(20)13-3-2-4-18-9-13/h2-4,7-9,14,19H,5-6,10-11H2,1H3. The highest BCUT2D eigenvalue weighted by atomic mass is 32.2. The molecule has 2 aliphatic heterocycles. The molecule has 8 heteroatoms. The fourth-order valence-corrected chi connectivity index (χ4v) is 5.10. The van der Waals surface area contributed by atoms with E-state index in [2.05, 4.69) is 10.3 Å². The van der Waals surface area contributed by atoms with E-state index in [1.54, 1.807) is 35.8 Å². The molecule has 1 aromatic heterocycles. The molecular weight excluding hydrogens is 342 g/mol. The molecule has 0 aliphatic carbocycles. The van der Waals surface area contributed by atoms with Crippen molar-refractivity contribution in [2.45, 2.75) is 17.9 Å². The number of ether oxygens (including phenoxy) is 2. The first kappa shape index (κ1) is 16.3. The highest BCUT2D eigenvalue weighted by molar-refractivity contribution is 7.89. The molecule has 25 heavy (non-hydrogen) atoms. The second-order valence-electron chi connectivity index (χ2n) is 6.09. The van der Waals surface area contributed by atoms with Crippen molar-refractivity contribution in [3.8, 4) is 11.5 Å². The molecule has 3 heterocycles. The number of hydrogen-bond acceptors (Lipinski definition) is 6. The van der Waals surface area contributed by atoms with E-state index in [0.717, 1.165) is 5.56 Å². The van der Waals surface area contributed by atoms with E-state index < -0.39 is 10.0 Å². The number of nitrogens with one attached hydrogen (secondary N) is 1. The zero-order valence-electron chi connectivity index (χ0n) is 13.8. The van der Waals surface area contributed by atoms with Crippen molar-refractivity contribution in [2.75, 3.05) is 26.4 Å². The van der Waals surface area contributed by atoms with Gasteiger partial charge in [-0.2, -0.15) is 4.31 Å². The van der Waals surface area contributed by atoms with Crippen molar-refractivity contribution < 1.29 is 17.9 Å². The number of piperazine rings is 1. The molecular formula is C17H19N3O4S. The number of sulfonamides is 1. The first-order valence-electron chi connectivity index (χ1n) is 8.10. The molecule has 2 aromatic rings. The molecule has 1 aromatic carbocycles. The van der Waals surface area contributed by atoms with Gasteiger partial charge in [-0.3, -0.25) is 4.98 Å². The first-order chi connectivity index (χ1) is 12.1. The van der Waals surface area contributed by atoms with Crippen LogP contribution < -0.4 is 14.8 Å². The second-order valence-corrected chi connectivity index (χ2v) is 7.95. The van der Waals surface area contributed by atoms with Crippen LogP contribution in [0.1, 0.15) is 17.2 Å². The highest BCUT2D eigenvalue weighted by Gasteiger charge is 2.36. The van der Waals surface area contributed by atoms with E-state index in [1.165, 1.54) is 0 Å². The number of fused-ring (bicyclic) bond motifs is 1. The molecule has 1 unspecified atom stereocenters. The summed E-state index contributed by atoms with van der Waals surface area (Å²) in [5.41, 5.74) is 1.52. The Morgan fingerprint density at radius 2 is 2.08 bits per heavy atom. The Kier molecular flexibility index (Phi) is 4.10. The Morgan fingerprint density at radius 1 is 1.28 bits per heavy atom. The molecule has 0 amide bonds. The van der Waals surface area contributed by atoms with Crippen molar-refractivity contribution >= 4 is 10.0 Å². The van der Waals surface area contributed by atoms with Gasteiger partial charge in [0, 0.05) is 38.1 Å².